The molecule has 1 aliphatic heterocycles. The fourth-order valence-electron chi connectivity index (χ4n) is 3.42. The fraction of sp³-hybridized carbons (Fsp3) is 0.579. The molecule has 1 aliphatic rings. The van der Waals surface area contributed by atoms with E-state index in [0.29, 0.717) is 13.2 Å². The first-order valence-corrected chi connectivity index (χ1v) is 11.6. The summed E-state index contributed by atoms with van der Waals surface area (Å²) < 4.78 is 13.7. The van der Waals surface area contributed by atoms with Crippen molar-refractivity contribution in [2.75, 3.05) is 19.5 Å². The number of hydrogen-bond acceptors (Lipinski definition) is 4. The second-order valence-corrected chi connectivity index (χ2v) is 9.57. The monoisotopic (exact) mass is 369 g/mol. The van der Waals surface area contributed by atoms with E-state index >= 15 is 0 Å². The molecule has 2 unspecified atom stereocenters. The lowest BCUT2D eigenvalue weighted by Crippen LogP contribution is -2.44. The van der Waals surface area contributed by atoms with Gasteiger partial charge in [-0.3, -0.25) is 8.37 Å². The summed E-state index contributed by atoms with van der Waals surface area (Å²) in [4.78, 5) is 0. The maximum Gasteiger partial charge on any atom is 0.115 e. The molecule has 1 heterocycles. The Labute approximate surface area is 153 Å². The summed E-state index contributed by atoms with van der Waals surface area (Å²) >= 11 is 1.72. The minimum Gasteiger partial charge on any atom is -0.310 e. The molecule has 2 atom stereocenters. The Balaban J connectivity index is 2.57. The molecule has 0 bridgehead atoms. The predicted octanol–water partition coefficient (Wildman–Crippen LogP) is 5.33. The van der Waals surface area contributed by atoms with Gasteiger partial charge in [0.05, 0.1) is 17.5 Å². The SMILES string of the molecule is CCCCC1(c2ccccc2)C=C(SC)S(OCC)(OCC)C1N. The van der Waals surface area contributed by atoms with Gasteiger partial charge in [0.2, 0.25) is 0 Å². The molecule has 0 spiro atoms. The molecule has 1 aromatic rings. The van der Waals surface area contributed by atoms with Gasteiger partial charge >= 0.3 is 0 Å². The van der Waals surface area contributed by atoms with E-state index < -0.39 is 10.6 Å². The lowest BCUT2D eigenvalue weighted by atomic mass is 9.76. The van der Waals surface area contributed by atoms with Crippen molar-refractivity contribution in [1.82, 2.24) is 0 Å². The smallest absolute Gasteiger partial charge is 0.115 e. The Bertz CT molecular complexity index is 544. The summed E-state index contributed by atoms with van der Waals surface area (Å²) in [6.45, 7) is 7.49. The second kappa shape index (κ2) is 8.77. The van der Waals surface area contributed by atoms with Gasteiger partial charge in [-0.05, 0) is 38.2 Å². The molecule has 0 saturated heterocycles. The van der Waals surface area contributed by atoms with Crippen molar-refractivity contribution in [2.24, 2.45) is 5.73 Å². The quantitative estimate of drug-likeness (QED) is 0.639. The molecule has 2 rings (SSSR count). The van der Waals surface area contributed by atoms with Crippen LogP contribution in [0.15, 0.2) is 40.6 Å². The Morgan fingerprint density at radius 2 is 1.75 bits per heavy atom. The molecular formula is C19H31NO2S2. The third-order valence-corrected chi connectivity index (χ3v) is 9.20. The van der Waals surface area contributed by atoms with Crippen LogP contribution in [0.5, 0.6) is 0 Å². The van der Waals surface area contributed by atoms with E-state index in [1.54, 1.807) is 11.8 Å². The van der Waals surface area contributed by atoms with Crippen LogP contribution in [0, 0.1) is 0 Å². The van der Waals surface area contributed by atoms with Gasteiger partial charge in [-0.25, -0.2) is 0 Å². The summed E-state index contributed by atoms with van der Waals surface area (Å²) in [5.41, 5.74) is 7.98. The minimum absolute atomic E-state index is 0.179. The van der Waals surface area contributed by atoms with E-state index in [2.05, 4.69) is 49.6 Å². The number of rotatable bonds is 9. The van der Waals surface area contributed by atoms with E-state index in [9.17, 15) is 0 Å². The van der Waals surface area contributed by atoms with Crippen LogP contribution in [0.1, 0.15) is 45.6 Å². The highest BCUT2D eigenvalue weighted by Gasteiger charge is 2.53. The van der Waals surface area contributed by atoms with Gasteiger partial charge in [0.15, 0.2) is 0 Å². The Kier molecular flexibility index (Phi) is 7.25. The summed E-state index contributed by atoms with van der Waals surface area (Å²) in [5, 5.41) is -0.179. The van der Waals surface area contributed by atoms with E-state index in [-0.39, 0.29) is 10.8 Å². The molecule has 0 aliphatic carbocycles. The summed E-state index contributed by atoms with van der Waals surface area (Å²) in [6, 6.07) is 10.6. The molecule has 1 aromatic carbocycles. The van der Waals surface area contributed by atoms with Crippen molar-refractivity contribution in [3.8, 4) is 0 Å². The van der Waals surface area contributed by atoms with Crippen molar-refractivity contribution in [1.29, 1.82) is 0 Å². The standard InChI is InChI=1S/C19H31NO2S2/c1-5-8-14-19(16-12-10-9-11-13-16)15-17(23-4)24(18(19)20,21-6-2)22-7-3/h9-13,15,18H,5-8,14,20H2,1-4H3. The van der Waals surface area contributed by atoms with Crippen LogP contribution in [0.2, 0.25) is 0 Å². The van der Waals surface area contributed by atoms with Crippen LogP contribution in [-0.4, -0.2) is 24.8 Å². The molecule has 0 fully saturated rings. The molecule has 0 radical (unpaired) electrons. The van der Waals surface area contributed by atoms with Gasteiger partial charge in [0, 0.05) is 5.41 Å². The molecule has 2 N–H and O–H groups in total. The third-order valence-electron chi connectivity index (χ3n) is 4.54. The summed E-state index contributed by atoms with van der Waals surface area (Å²) in [6.07, 6.45) is 7.75. The number of nitrogens with two attached hydrogens (primary N) is 1. The van der Waals surface area contributed by atoms with E-state index in [1.807, 2.05) is 13.8 Å². The van der Waals surface area contributed by atoms with Gasteiger partial charge in [-0.1, -0.05) is 50.1 Å². The molecule has 24 heavy (non-hydrogen) atoms. The topological polar surface area (TPSA) is 44.5 Å². The average molecular weight is 370 g/mol. The number of unbranched alkanes of at least 4 members (excludes halogenated alkanes) is 1. The van der Waals surface area contributed by atoms with Crippen LogP contribution in [0.25, 0.3) is 0 Å². The summed E-state index contributed by atoms with van der Waals surface area (Å²) in [5.74, 6) is 0. The highest BCUT2D eigenvalue weighted by Crippen LogP contribution is 2.72. The predicted molar refractivity (Wildman–Crippen MR) is 108 cm³/mol. The van der Waals surface area contributed by atoms with Gasteiger partial charge < -0.3 is 5.73 Å². The maximum atomic E-state index is 6.93. The van der Waals surface area contributed by atoms with Gasteiger partial charge in [-0.15, -0.1) is 22.4 Å². The van der Waals surface area contributed by atoms with E-state index in [1.165, 1.54) is 9.80 Å². The third kappa shape index (κ3) is 3.42. The molecule has 0 amide bonds. The van der Waals surface area contributed by atoms with Crippen LogP contribution in [-0.2, 0) is 13.8 Å². The van der Waals surface area contributed by atoms with Gasteiger partial charge in [0.25, 0.3) is 0 Å². The molecule has 5 heteroatoms. The molecule has 3 nitrogen and oxygen atoms in total. The van der Waals surface area contributed by atoms with Gasteiger partial charge in [0.1, 0.15) is 5.37 Å². The van der Waals surface area contributed by atoms with E-state index in [0.717, 1.165) is 19.3 Å². The van der Waals surface area contributed by atoms with Crippen molar-refractivity contribution in [3.63, 3.8) is 0 Å². The second-order valence-electron chi connectivity index (χ2n) is 5.96. The van der Waals surface area contributed by atoms with Crippen LogP contribution in [0.4, 0.5) is 0 Å². The molecule has 136 valence electrons. The van der Waals surface area contributed by atoms with Crippen molar-refractivity contribution >= 4 is 22.4 Å². The summed E-state index contributed by atoms with van der Waals surface area (Å²) in [7, 11) is -1.92. The average Bonchev–Trinajstić information content (AvgIpc) is 2.84. The first-order chi connectivity index (χ1) is 11.6. The normalized spacial score (nSPS) is 27.0. The lowest BCUT2D eigenvalue weighted by Gasteiger charge is -2.48. The van der Waals surface area contributed by atoms with E-state index in [4.69, 9.17) is 14.1 Å². The highest BCUT2D eigenvalue weighted by atomic mass is 32.3. The minimum atomic E-state index is -1.92. The van der Waals surface area contributed by atoms with Crippen molar-refractivity contribution in [2.45, 2.75) is 50.8 Å². The zero-order valence-corrected chi connectivity index (χ0v) is 16.9. The van der Waals surface area contributed by atoms with Gasteiger partial charge in [-0.2, -0.15) is 0 Å². The van der Waals surface area contributed by atoms with Crippen LogP contribution in [0.3, 0.4) is 0 Å². The first-order valence-electron chi connectivity index (χ1n) is 8.80. The molecular weight excluding hydrogens is 338 g/mol. The van der Waals surface area contributed by atoms with Crippen LogP contribution >= 0.6 is 22.4 Å². The highest BCUT2D eigenvalue weighted by molar-refractivity contribution is 8.39. The Morgan fingerprint density at radius 3 is 2.25 bits per heavy atom. The molecule has 0 saturated carbocycles. The zero-order chi connectivity index (χ0) is 17.6. The maximum absolute atomic E-state index is 6.93. The number of thioether (sulfide) groups is 1. The lowest BCUT2D eigenvalue weighted by molar-refractivity contribution is 0.268. The van der Waals surface area contributed by atoms with Crippen molar-refractivity contribution in [3.05, 3.63) is 46.2 Å². The van der Waals surface area contributed by atoms with Crippen molar-refractivity contribution < 1.29 is 8.37 Å². The molecule has 0 aromatic heterocycles. The largest absolute Gasteiger partial charge is 0.310 e. The number of benzene rings is 1. The number of hydrogen-bond donors (Lipinski definition) is 1. The first kappa shape index (κ1) is 19.9. The zero-order valence-electron chi connectivity index (χ0n) is 15.3. The fourth-order valence-corrected chi connectivity index (χ4v) is 8.07. The van der Waals surface area contributed by atoms with Crippen LogP contribution < -0.4 is 5.73 Å². The Morgan fingerprint density at radius 1 is 1.12 bits per heavy atom. The Hall–Kier alpha value is -0.460.